The zero-order valence-corrected chi connectivity index (χ0v) is 19.8. The SMILES string of the molecule is Cc1ccc(Cl)cc1N1C(=O)NC(=O)/C(=C\c2ccc(OCc3ccc(Br)cc3)cc2)C1=O. The zero-order valence-electron chi connectivity index (χ0n) is 17.5. The van der Waals surface area contributed by atoms with E-state index in [1.54, 1.807) is 43.3 Å². The second-order valence-electron chi connectivity index (χ2n) is 7.37. The standard InChI is InChI=1S/C25H18BrClN2O4/c1-15-2-9-19(27)13-22(15)29-24(31)21(23(30)28-25(29)32)12-16-5-10-20(11-6-16)33-14-17-3-7-18(26)8-4-17/h2-13H,14H2,1H3,(H,28,30,32)/b21-12+. The van der Waals surface area contributed by atoms with Crippen molar-refractivity contribution in [2.45, 2.75) is 13.5 Å². The molecule has 0 atom stereocenters. The summed E-state index contributed by atoms with van der Waals surface area (Å²) in [5, 5.41) is 2.59. The number of rotatable bonds is 5. The number of carbonyl (C=O) groups excluding carboxylic acids is 3. The Morgan fingerprint density at radius 1 is 1.00 bits per heavy atom. The second kappa shape index (κ2) is 9.60. The summed E-state index contributed by atoms with van der Waals surface area (Å²) in [5.41, 5.74) is 2.47. The van der Waals surface area contributed by atoms with E-state index in [1.807, 2.05) is 24.3 Å². The Kier molecular flexibility index (Phi) is 6.62. The summed E-state index contributed by atoms with van der Waals surface area (Å²) < 4.78 is 6.78. The number of nitrogens with one attached hydrogen (secondary N) is 1. The van der Waals surface area contributed by atoms with Gasteiger partial charge in [0.05, 0.1) is 5.69 Å². The van der Waals surface area contributed by atoms with Crippen LogP contribution < -0.4 is 15.0 Å². The van der Waals surface area contributed by atoms with Crippen molar-refractivity contribution >= 4 is 57.1 Å². The highest BCUT2D eigenvalue weighted by Gasteiger charge is 2.37. The smallest absolute Gasteiger partial charge is 0.335 e. The molecular weight excluding hydrogens is 508 g/mol. The molecule has 8 heteroatoms. The van der Waals surface area contributed by atoms with Gasteiger partial charge in [0.25, 0.3) is 11.8 Å². The molecule has 0 bridgehead atoms. The lowest BCUT2D eigenvalue weighted by molar-refractivity contribution is -0.122. The quantitative estimate of drug-likeness (QED) is 0.345. The first-order chi connectivity index (χ1) is 15.8. The third kappa shape index (κ3) is 5.16. The third-order valence-electron chi connectivity index (χ3n) is 5.02. The first-order valence-electron chi connectivity index (χ1n) is 9.97. The highest BCUT2D eigenvalue weighted by atomic mass is 79.9. The van der Waals surface area contributed by atoms with E-state index in [-0.39, 0.29) is 5.57 Å². The van der Waals surface area contributed by atoms with Crippen LogP contribution in [0.5, 0.6) is 5.75 Å². The van der Waals surface area contributed by atoms with E-state index in [0.29, 0.717) is 34.2 Å². The molecule has 0 spiro atoms. The van der Waals surface area contributed by atoms with Gasteiger partial charge in [-0.15, -0.1) is 0 Å². The van der Waals surface area contributed by atoms with Crippen LogP contribution in [0.25, 0.3) is 6.08 Å². The molecule has 0 aromatic heterocycles. The monoisotopic (exact) mass is 524 g/mol. The number of hydrogen-bond acceptors (Lipinski definition) is 4. The number of carbonyl (C=O) groups is 3. The van der Waals surface area contributed by atoms with Crippen LogP contribution in [0.1, 0.15) is 16.7 Å². The predicted molar refractivity (Wildman–Crippen MR) is 130 cm³/mol. The van der Waals surface area contributed by atoms with Crippen molar-refractivity contribution in [2.24, 2.45) is 0 Å². The van der Waals surface area contributed by atoms with E-state index in [2.05, 4.69) is 21.2 Å². The topological polar surface area (TPSA) is 75.7 Å². The van der Waals surface area contributed by atoms with E-state index in [1.165, 1.54) is 12.1 Å². The van der Waals surface area contributed by atoms with Crippen LogP contribution in [0.3, 0.4) is 0 Å². The Labute approximate surface area is 203 Å². The van der Waals surface area contributed by atoms with Crippen LogP contribution in [0.2, 0.25) is 5.02 Å². The number of imide groups is 2. The van der Waals surface area contributed by atoms with E-state index in [4.69, 9.17) is 16.3 Å². The molecule has 0 unspecified atom stereocenters. The molecule has 3 aromatic carbocycles. The van der Waals surface area contributed by atoms with Gasteiger partial charge in [-0.3, -0.25) is 14.9 Å². The molecule has 1 N–H and O–H groups in total. The number of urea groups is 1. The van der Waals surface area contributed by atoms with Gasteiger partial charge in [0.15, 0.2) is 0 Å². The first kappa shape index (κ1) is 22.8. The van der Waals surface area contributed by atoms with Crippen LogP contribution in [-0.2, 0) is 16.2 Å². The number of benzene rings is 3. The largest absolute Gasteiger partial charge is 0.489 e. The van der Waals surface area contributed by atoms with Gasteiger partial charge in [0.2, 0.25) is 0 Å². The van der Waals surface area contributed by atoms with Crippen molar-refractivity contribution in [3.05, 3.63) is 98.5 Å². The molecule has 0 aliphatic carbocycles. The average molecular weight is 526 g/mol. The van der Waals surface area contributed by atoms with Gasteiger partial charge in [-0.2, -0.15) is 0 Å². The van der Waals surface area contributed by atoms with Crippen LogP contribution in [0.15, 0.2) is 76.8 Å². The normalized spacial score (nSPS) is 15.1. The molecule has 1 aliphatic rings. The number of halogens is 2. The van der Waals surface area contributed by atoms with Gasteiger partial charge in [-0.1, -0.05) is 57.9 Å². The lowest BCUT2D eigenvalue weighted by Gasteiger charge is -2.27. The number of amides is 4. The summed E-state index contributed by atoms with van der Waals surface area (Å²) in [5.74, 6) is -0.827. The molecule has 33 heavy (non-hydrogen) atoms. The molecule has 0 radical (unpaired) electrons. The Morgan fingerprint density at radius 2 is 1.70 bits per heavy atom. The Hall–Kier alpha value is -3.42. The van der Waals surface area contributed by atoms with Crippen molar-refractivity contribution < 1.29 is 19.1 Å². The van der Waals surface area contributed by atoms with Crippen molar-refractivity contribution in [3.8, 4) is 5.75 Å². The Morgan fingerprint density at radius 3 is 2.39 bits per heavy atom. The molecule has 1 heterocycles. The number of aryl methyl sites for hydroxylation is 1. The number of anilines is 1. The van der Waals surface area contributed by atoms with E-state index >= 15 is 0 Å². The maximum absolute atomic E-state index is 13.1. The van der Waals surface area contributed by atoms with Crippen molar-refractivity contribution in [1.82, 2.24) is 5.32 Å². The zero-order chi connectivity index (χ0) is 23.5. The van der Waals surface area contributed by atoms with Gasteiger partial charge in [0.1, 0.15) is 17.9 Å². The fraction of sp³-hybridized carbons (Fsp3) is 0.0800. The van der Waals surface area contributed by atoms with E-state index in [9.17, 15) is 14.4 Å². The van der Waals surface area contributed by atoms with Crippen molar-refractivity contribution in [2.75, 3.05) is 4.90 Å². The van der Waals surface area contributed by atoms with E-state index in [0.717, 1.165) is 14.9 Å². The summed E-state index contributed by atoms with van der Waals surface area (Å²) in [6.45, 7) is 2.16. The number of ether oxygens (including phenoxy) is 1. The second-order valence-corrected chi connectivity index (χ2v) is 8.72. The number of hydrogen-bond donors (Lipinski definition) is 1. The predicted octanol–water partition coefficient (Wildman–Crippen LogP) is 5.66. The molecule has 3 aromatic rings. The van der Waals surface area contributed by atoms with Gasteiger partial charge in [0, 0.05) is 9.50 Å². The minimum Gasteiger partial charge on any atom is -0.489 e. The third-order valence-corrected chi connectivity index (χ3v) is 5.79. The molecule has 0 saturated carbocycles. The Bertz CT molecular complexity index is 1270. The van der Waals surface area contributed by atoms with Gasteiger partial charge in [-0.05, 0) is 66.1 Å². The van der Waals surface area contributed by atoms with E-state index < -0.39 is 17.8 Å². The molecule has 1 saturated heterocycles. The summed E-state index contributed by atoms with van der Waals surface area (Å²) in [7, 11) is 0. The molecular formula is C25H18BrClN2O4. The fourth-order valence-corrected chi connectivity index (χ4v) is 3.70. The Balaban J connectivity index is 1.54. The van der Waals surface area contributed by atoms with Crippen LogP contribution >= 0.6 is 27.5 Å². The highest BCUT2D eigenvalue weighted by molar-refractivity contribution is 9.10. The lowest BCUT2D eigenvalue weighted by atomic mass is 10.1. The molecule has 166 valence electrons. The van der Waals surface area contributed by atoms with Gasteiger partial charge >= 0.3 is 6.03 Å². The minimum atomic E-state index is -0.816. The first-order valence-corrected chi connectivity index (χ1v) is 11.1. The summed E-state index contributed by atoms with van der Waals surface area (Å²) in [6, 6.07) is 18.8. The van der Waals surface area contributed by atoms with Crippen LogP contribution in [0, 0.1) is 6.92 Å². The maximum Gasteiger partial charge on any atom is 0.335 e. The molecule has 1 fully saturated rings. The number of barbiturate groups is 1. The molecule has 1 aliphatic heterocycles. The highest BCUT2D eigenvalue weighted by Crippen LogP contribution is 2.28. The van der Waals surface area contributed by atoms with Crippen LogP contribution in [0.4, 0.5) is 10.5 Å². The van der Waals surface area contributed by atoms with Crippen molar-refractivity contribution in [3.63, 3.8) is 0 Å². The van der Waals surface area contributed by atoms with Crippen LogP contribution in [-0.4, -0.2) is 17.8 Å². The minimum absolute atomic E-state index is 0.155. The van der Waals surface area contributed by atoms with Gasteiger partial charge in [-0.25, -0.2) is 9.69 Å². The summed E-state index contributed by atoms with van der Waals surface area (Å²) in [4.78, 5) is 38.8. The summed E-state index contributed by atoms with van der Waals surface area (Å²) >= 11 is 9.45. The fourth-order valence-electron chi connectivity index (χ4n) is 3.27. The maximum atomic E-state index is 13.1. The molecule has 4 amide bonds. The molecule has 6 nitrogen and oxygen atoms in total. The molecule has 4 rings (SSSR count). The lowest BCUT2D eigenvalue weighted by Crippen LogP contribution is -2.54. The number of nitrogens with zero attached hydrogens (tertiary/aromatic N) is 1. The van der Waals surface area contributed by atoms with Crippen molar-refractivity contribution in [1.29, 1.82) is 0 Å². The average Bonchev–Trinajstić information content (AvgIpc) is 2.79. The van der Waals surface area contributed by atoms with Gasteiger partial charge < -0.3 is 4.74 Å². The summed E-state index contributed by atoms with van der Waals surface area (Å²) in [6.07, 6.45) is 1.44.